The molecule has 0 aliphatic carbocycles. The summed E-state index contributed by atoms with van der Waals surface area (Å²) in [6, 6.07) is 16.2. The van der Waals surface area contributed by atoms with Gasteiger partial charge in [-0.15, -0.1) is 0 Å². The maximum Gasteiger partial charge on any atom is 0.306 e. The van der Waals surface area contributed by atoms with Crippen LogP contribution in [0.25, 0.3) is 0 Å². The molecule has 0 bridgehead atoms. The van der Waals surface area contributed by atoms with E-state index in [1.165, 1.54) is 6.92 Å². The number of carbonyl (C=O) groups is 3. The van der Waals surface area contributed by atoms with E-state index >= 15 is 0 Å². The number of ketones is 1. The average Bonchev–Trinajstić information content (AvgIpc) is 2.61. The van der Waals surface area contributed by atoms with Gasteiger partial charge in [0.25, 0.3) is 5.91 Å². The number of anilines is 1. The van der Waals surface area contributed by atoms with Crippen LogP contribution in [0.1, 0.15) is 42.1 Å². The van der Waals surface area contributed by atoms with E-state index in [-0.39, 0.29) is 24.7 Å². The Morgan fingerprint density at radius 3 is 2.24 bits per heavy atom. The molecule has 25 heavy (non-hydrogen) atoms. The Bertz CT molecular complexity index is 738. The highest BCUT2D eigenvalue weighted by Crippen LogP contribution is 2.18. The van der Waals surface area contributed by atoms with E-state index < -0.39 is 11.9 Å². The summed E-state index contributed by atoms with van der Waals surface area (Å²) >= 11 is 0. The van der Waals surface area contributed by atoms with Crippen LogP contribution in [0.2, 0.25) is 0 Å². The molecule has 0 fully saturated rings. The van der Waals surface area contributed by atoms with Gasteiger partial charge in [0.1, 0.15) is 0 Å². The van der Waals surface area contributed by atoms with Crippen LogP contribution in [0.4, 0.5) is 5.69 Å². The van der Waals surface area contributed by atoms with Gasteiger partial charge in [0.2, 0.25) is 0 Å². The molecule has 130 valence electrons. The van der Waals surface area contributed by atoms with Gasteiger partial charge in [0.15, 0.2) is 12.4 Å². The van der Waals surface area contributed by atoms with Gasteiger partial charge < -0.3 is 10.1 Å². The quantitative estimate of drug-likeness (QED) is 0.618. The highest BCUT2D eigenvalue weighted by atomic mass is 16.5. The van der Waals surface area contributed by atoms with Crippen molar-refractivity contribution in [2.24, 2.45) is 0 Å². The fourth-order valence-corrected chi connectivity index (χ4v) is 2.34. The minimum absolute atomic E-state index is 0.0240. The monoisotopic (exact) mass is 339 g/mol. The largest absolute Gasteiger partial charge is 0.456 e. The molecule has 2 aromatic carbocycles. The summed E-state index contributed by atoms with van der Waals surface area (Å²) in [5.74, 6) is -0.857. The van der Waals surface area contributed by atoms with Crippen LogP contribution in [-0.4, -0.2) is 24.3 Å². The maximum atomic E-state index is 11.9. The van der Waals surface area contributed by atoms with Crippen molar-refractivity contribution in [3.05, 3.63) is 65.7 Å². The van der Waals surface area contributed by atoms with E-state index in [0.717, 1.165) is 5.56 Å². The van der Waals surface area contributed by atoms with Crippen LogP contribution in [0.5, 0.6) is 0 Å². The lowest BCUT2D eigenvalue weighted by Gasteiger charge is -2.11. The van der Waals surface area contributed by atoms with Crippen LogP contribution >= 0.6 is 0 Å². The number of hydrogen-bond acceptors (Lipinski definition) is 4. The molecule has 2 rings (SSSR count). The van der Waals surface area contributed by atoms with Crippen molar-refractivity contribution in [2.75, 3.05) is 11.9 Å². The van der Waals surface area contributed by atoms with Gasteiger partial charge in [-0.3, -0.25) is 14.4 Å². The molecule has 0 aliphatic heterocycles. The summed E-state index contributed by atoms with van der Waals surface area (Å²) in [4.78, 5) is 34.9. The third-order valence-corrected chi connectivity index (χ3v) is 3.78. The van der Waals surface area contributed by atoms with Gasteiger partial charge in [-0.05, 0) is 42.7 Å². The van der Waals surface area contributed by atoms with Crippen LogP contribution < -0.4 is 5.32 Å². The van der Waals surface area contributed by atoms with Gasteiger partial charge in [0, 0.05) is 11.3 Å². The van der Waals surface area contributed by atoms with Gasteiger partial charge in [0.05, 0.1) is 6.42 Å². The number of rotatable bonds is 7. The van der Waals surface area contributed by atoms with Gasteiger partial charge >= 0.3 is 5.97 Å². The molecule has 0 spiro atoms. The zero-order valence-electron chi connectivity index (χ0n) is 14.3. The fraction of sp³-hybridized carbons (Fsp3) is 0.250. The summed E-state index contributed by atoms with van der Waals surface area (Å²) in [7, 11) is 0. The van der Waals surface area contributed by atoms with Crippen molar-refractivity contribution < 1.29 is 19.1 Å². The lowest BCUT2D eigenvalue weighted by Crippen LogP contribution is -2.21. The highest BCUT2D eigenvalue weighted by molar-refractivity contribution is 5.96. The fourth-order valence-electron chi connectivity index (χ4n) is 2.34. The lowest BCUT2D eigenvalue weighted by molar-refractivity contribution is -0.147. The third kappa shape index (κ3) is 5.88. The van der Waals surface area contributed by atoms with Gasteiger partial charge in [-0.1, -0.05) is 37.3 Å². The van der Waals surface area contributed by atoms with Gasteiger partial charge in [-0.2, -0.15) is 0 Å². The molecule has 1 N–H and O–H groups in total. The van der Waals surface area contributed by atoms with E-state index in [1.54, 1.807) is 24.3 Å². The summed E-state index contributed by atoms with van der Waals surface area (Å²) < 4.78 is 5.03. The predicted molar refractivity (Wildman–Crippen MR) is 95.5 cm³/mol. The Kier molecular flexibility index (Phi) is 6.46. The maximum absolute atomic E-state index is 11.9. The molecule has 5 heteroatoms. The Hall–Kier alpha value is -2.95. The van der Waals surface area contributed by atoms with Crippen LogP contribution in [0.3, 0.4) is 0 Å². The number of amides is 1. The molecule has 5 nitrogen and oxygen atoms in total. The number of ether oxygens (including phenoxy) is 1. The van der Waals surface area contributed by atoms with E-state index in [4.69, 9.17) is 4.74 Å². The van der Waals surface area contributed by atoms with Crippen LogP contribution in [0.15, 0.2) is 54.6 Å². The van der Waals surface area contributed by atoms with Crippen molar-refractivity contribution in [1.82, 2.24) is 0 Å². The first-order valence-electron chi connectivity index (χ1n) is 8.07. The van der Waals surface area contributed by atoms with E-state index in [2.05, 4.69) is 5.32 Å². The number of Topliss-reactive ketones (excluding diaryl/α,β-unsaturated/α-hetero) is 1. The summed E-state index contributed by atoms with van der Waals surface area (Å²) in [5, 5.41) is 2.62. The second-order valence-corrected chi connectivity index (χ2v) is 5.86. The summed E-state index contributed by atoms with van der Waals surface area (Å²) in [6.07, 6.45) is 0.213. The van der Waals surface area contributed by atoms with Crippen LogP contribution in [0, 0.1) is 0 Å². The highest BCUT2D eigenvalue weighted by Gasteiger charge is 2.13. The van der Waals surface area contributed by atoms with Crippen LogP contribution in [-0.2, 0) is 14.3 Å². The van der Waals surface area contributed by atoms with E-state index in [1.807, 2.05) is 37.3 Å². The molecular formula is C20H21NO4. The lowest BCUT2D eigenvalue weighted by atomic mass is 9.98. The number of carbonyl (C=O) groups excluding carboxylic acids is 3. The molecule has 0 aliphatic rings. The Morgan fingerprint density at radius 1 is 1.00 bits per heavy atom. The van der Waals surface area contributed by atoms with Crippen molar-refractivity contribution >= 4 is 23.3 Å². The first-order valence-corrected chi connectivity index (χ1v) is 8.07. The molecule has 0 unspecified atom stereocenters. The Labute approximate surface area is 147 Å². The summed E-state index contributed by atoms with van der Waals surface area (Å²) in [6.45, 7) is 3.07. The predicted octanol–water partition coefficient (Wildman–Crippen LogP) is 3.56. The smallest absolute Gasteiger partial charge is 0.306 e. The second kappa shape index (κ2) is 8.78. The first-order chi connectivity index (χ1) is 12.0. The molecule has 0 radical (unpaired) electrons. The normalized spacial score (nSPS) is 11.4. The molecular weight excluding hydrogens is 318 g/mol. The molecule has 0 aromatic heterocycles. The van der Waals surface area contributed by atoms with Gasteiger partial charge in [-0.25, -0.2) is 0 Å². The Balaban J connectivity index is 1.77. The topological polar surface area (TPSA) is 72.5 Å². The van der Waals surface area contributed by atoms with Crippen molar-refractivity contribution in [3.63, 3.8) is 0 Å². The first kappa shape index (κ1) is 18.4. The number of benzene rings is 2. The Morgan fingerprint density at radius 2 is 1.64 bits per heavy atom. The molecule has 1 amide bonds. The average molecular weight is 339 g/mol. The van der Waals surface area contributed by atoms with Crippen molar-refractivity contribution in [2.45, 2.75) is 26.2 Å². The SMILES string of the molecule is CC(=O)c1ccc(NC(=O)COC(=O)C[C@H](C)c2ccccc2)cc1. The number of esters is 1. The minimum Gasteiger partial charge on any atom is -0.456 e. The molecule has 0 saturated heterocycles. The zero-order valence-corrected chi connectivity index (χ0v) is 14.3. The minimum atomic E-state index is -0.420. The number of nitrogens with one attached hydrogen (secondary N) is 1. The zero-order chi connectivity index (χ0) is 18.2. The third-order valence-electron chi connectivity index (χ3n) is 3.78. The molecule has 1 atom stereocenters. The van der Waals surface area contributed by atoms with E-state index in [0.29, 0.717) is 11.3 Å². The molecule has 2 aromatic rings. The second-order valence-electron chi connectivity index (χ2n) is 5.86. The standard InChI is InChI=1S/C20H21NO4/c1-14(16-6-4-3-5-7-16)12-20(24)25-13-19(23)21-18-10-8-17(9-11-18)15(2)22/h3-11,14H,12-13H2,1-2H3,(H,21,23)/t14-/m0/s1. The summed E-state index contributed by atoms with van der Waals surface area (Å²) in [5.41, 5.74) is 2.16. The molecule has 0 saturated carbocycles. The van der Waals surface area contributed by atoms with Crippen molar-refractivity contribution in [1.29, 1.82) is 0 Å². The van der Waals surface area contributed by atoms with Crippen molar-refractivity contribution in [3.8, 4) is 0 Å². The number of hydrogen-bond donors (Lipinski definition) is 1. The molecule has 0 heterocycles. The van der Waals surface area contributed by atoms with E-state index in [9.17, 15) is 14.4 Å².